The SMILES string of the molecule is COc1ccccc1-n1c(O)c(N=Nc2ccc(Br)cc2)c(=O)n(-c2ccc(I)cc2)c1=S. The summed E-state index contributed by atoms with van der Waals surface area (Å²) in [7, 11) is 1.52. The third-order valence-electron chi connectivity index (χ3n) is 4.71. The van der Waals surface area contributed by atoms with Gasteiger partial charge >= 0.3 is 0 Å². The molecule has 3 aromatic carbocycles. The van der Waals surface area contributed by atoms with E-state index in [9.17, 15) is 9.90 Å². The highest BCUT2D eigenvalue weighted by Gasteiger charge is 2.21. The van der Waals surface area contributed by atoms with Crippen molar-refractivity contribution in [1.82, 2.24) is 9.13 Å². The van der Waals surface area contributed by atoms with Crippen molar-refractivity contribution in [3.8, 4) is 23.0 Å². The van der Waals surface area contributed by atoms with Gasteiger partial charge in [-0.1, -0.05) is 28.1 Å². The molecule has 1 aromatic heterocycles. The maximum absolute atomic E-state index is 13.4. The molecule has 10 heteroatoms. The predicted molar refractivity (Wildman–Crippen MR) is 141 cm³/mol. The van der Waals surface area contributed by atoms with E-state index in [1.54, 1.807) is 60.7 Å². The number of para-hydroxylation sites is 2. The highest BCUT2D eigenvalue weighted by molar-refractivity contribution is 14.1. The van der Waals surface area contributed by atoms with Gasteiger partial charge in [0.1, 0.15) is 5.75 Å². The average Bonchev–Trinajstić information content (AvgIpc) is 2.81. The van der Waals surface area contributed by atoms with E-state index in [4.69, 9.17) is 17.0 Å². The largest absolute Gasteiger partial charge is 0.495 e. The van der Waals surface area contributed by atoms with Gasteiger partial charge in [-0.2, -0.15) is 5.11 Å². The zero-order chi connectivity index (χ0) is 23.5. The topological polar surface area (TPSA) is 81.1 Å². The molecule has 0 radical (unpaired) electrons. The van der Waals surface area contributed by atoms with Gasteiger partial charge in [-0.25, -0.2) is 0 Å². The minimum Gasteiger partial charge on any atom is -0.495 e. The smallest absolute Gasteiger partial charge is 0.290 e. The van der Waals surface area contributed by atoms with Gasteiger partial charge in [0.2, 0.25) is 11.6 Å². The summed E-state index contributed by atoms with van der Waals surface area (Å²) in [6, 6.07) is 21.4. The predicted octanol–water partition coefficient (Wildman–Crippen LogP) is 6.85. The molecule has 4 rings (SSSR count). The van der Waals surface area contributed by atoms with Crippen molar-refractivity contribution in [2.75, 3.05) is 7.11 Å². The van der Waals surface area contributed by atoms with Gasteiger partial charge in [0.25, 0.3) is 5.56 Å². The number of nitrogens with zero attached hydrogens (tertiary/aromatic N) is 4. The van der Waals surface area contributed by atoms with Gasteiger partial charge in [-0.3, -0.25) is 13.9 Å². The molecule has 4 aromatic rings. The van der Waals surface area contributed by atoms with Crippen molar-refractivity contribution in [2.24, 2.45) is 10.2 Å². The van der Waals surface area contributed by atoms with Crippen LogP contribution in [0, 0.1) is 8.34 Å². The second-order valence-electron chi connectivity index (χ2n) is 6.76. The van der Waals surface area contributed by atoms with Crippen molar-refractivity contribution >= 4 is 62.1 Å². The normalized spacial score (nSPS) is 11.1. The second kappa shape index (κ2) is 9.98. The maximum atomic E-state index is 13.4. The Kier molecular flexibility index (Phi) is 7.05. The Hall–Kier alpha value is -2.83. The highest BCUT2D eigenvalue weighted by atomic mass is 127. The van der Waals surface area contributed by atoms with E-state index in [-0.39, 0.29) is 10.5 Å². The minimum atomic E-state index is -0.592. The molecular formula is C23H16BrIN4O3S. The number of hydrogen-bond donors (Lipinski definition) is 1. The van der Waals surface area contributed by atoms with Crippen molar-refractivity contribution in [2.45, 2.75) is 0 Å². The van der Waals surface area contributed by atoms with Crippen LogP contribution in [0.1, 0.15) is 0 Å². The Morgan fingerprint density at radius 3 is 2.30 bits per heavy atom. The number of rotatable bonds is 5. The van der Waals surface area contributed by atoms with Gasteiger partial charge in [0, 0.05) is 8.04 Å². The first-order valence-corrected chi connectivity index (χ1v) is 11.9. The van der Waals surface area contributed by atoms with E-state index in [1.165, 1.54) is 16.2 Å². The summed E-state index contributed by atoms with van der Waals surface area (Å²) < 4.78 is 10.1. The van der Waals surface area contributed by atoms with Crippen LogP contribution in [-0.2, 0) is 0 Å². The molecule has 0 saturated carbocycles. The lowest BCUT2D eigenvalue weighted by atomic mass is 10.2. The van der Waals surface area contributed by atoms with Crippen LogP contribution in [0.25, 0.3) is 11.4 Å². The number of hydrogen-bond acceptors (Lipinski definition) is 6. The number of aromatic hydroxyl groups is 1. The third kappa shape index (κ3) is 4.77. The van der Waals surface area contributed by atoms with Crippen LogP contribution in [-0.4, -0.2) is 21.4 Å². The summed E-state index contributed by atoms with van der Waals surface area (Å²) in [5, 5.41) is 19.4. The Labute approximate surface area is 216 Å². The van der Waals surface area contributed by atoms with E-state index in [0.29, 0.717) is 22.8 Å². The quantitative estimate of drug-likeness (QED) is 0.148. The van der Waals surface area contributed by atoms with Gasteiger partial charge in [0.05, 0.1) is 24.2 Å². The summed E-state index contributed by atoms with van der Waals surface area (Å²) in [5.41, 5.74) is 0.668. The zero-order valence-electron chi connectivity index (χ0n) is 17.1. The van der Waals surface area contributed by atoms with E-state index < -0.39 is 11.4 Å². The number of halogens is 2. The molecule has 1 N–H and O–H groups in total. The molecule has 0 atom stereocenters. The first kappa shape index (κ1) is 23.3. The summed E-state index contributed by atoms with van der Waals surface area (Å²) in [5.74, 6) is 0.0321. The second-order valence-corrected chi connectivity index (χ2v) is 9.28. The minimum absolute atomic E-state index is 0.0609. The van der Waals surface area contributed by atoms with Crippen LogP contribution in [0.4, 0.5) is 11.4 Å². The van der Waals surface area contributed by atoms with Crippen LogP contribution in [0.5, 0.6) is 11.6 Å². The molecule has 0 spiro atoms. The molecule has 166 valence electrons. The molecule has 7 nitrogen and oxygen atoms in total. The van der Waals surface area contributed by atoms with Crippen LogP contribution < -0.4 is 10.3 Å². The lowest BCUT2D eigenvalue weighted by Crippen LogP contribution is -2.23. The summed E-state index contributed by atoms with van der Waals surface area (Å²) in [4.78, 5) is 13.4. The Morgan fingerprint density at radius 2 is 1.64 bits per heavy atom. The fourth-order valence-corrected chi connectivity index (χ4v) is 4.13. The summed E-state index contributed by atoms with van der Waals surface area (Å²) >= 11 is 11.2. The van der Waals surface area contributed by atoms with Crippen LogP contribution in [0.3, 0.4) is 0 Å². The maximum Gasteiger partial charge on any atom is 0.290 e. The lowest BCUT2D eigenvalue weighted by molar-refractivity contribution is 0.402. The average molecular weight is 635 g/mol. The standard InChI is InChI=1S/C23H16BrIN4O3S/c1-32-19-5-3-2-4-18(19)29-22(31)20(27-26-16-10-6-14(24)7-11-16)21(30)28(23(29)33)17-12-8-15(25)9-13-17/h2-13,31H,1H3. The summed E-state index contributed by atoms with van der Waals surface area (Å²) in [6.45, 7) is 0. The number of benzene rings is 3. The van der Waals surface area contributed by atoms with E-state index in [2.05, 4.69) is 48.7 Å². The van der Waals surface area contributed by atoms with E-state index in [1.807, 2.05) is 12.1 Å². The molecule has 0 amide bonds. The van der Waals surface area contributed by atoms with Gasteiger partial charge in [-0.15, -0.1) is 5.11 Å². The number of azo groups is 1. The first-order chi connectivity index (χ1) is 15.9. The monoisotopic (exact) mass is 634 g/mol. The van der Waals surface area contributed by atoms with Crippen molar-refractivity contribution < 1.29 is 9.84 Å². The Bertz CT molecular complexity index is 1470. The lowest BCUT2D eigenvalue weighted by Gasteiger charge is -2.17. The van der Waals surface area contributed by atoms with E-state index >= 15 is 0 Å². The zero-order valence-corrected chi connectivity index (χ0v) is 21.7. The van der Waals surface area contributed by atoms with Crippen molar-refractivity contribution in [1.29, 1.82) is 0 Å². The van der Waals surface area contributed by atoms with Crippen LogP contribution in [0.2, 0.25) is 0 Å². The molecule has 0 aliphatic rings. The first-order valence-electron chi connectivity index (χ1n) is 9.58. The molecule has 0 aliphatic carbocycles. The van der Waals surface area contributed by atoms with Crippen LogP contribution >= 0.6 is 50.7 Å². The Morgan fingerprint density at radius 1 is 0.970 bits per heavy atom. The molecule has 0 unspecified atom stereocenters. The number of methoxy groups -OCH3 is 1. The fraction of sp³-hybridized carbons (Fsp3) is 0.0435. The summed E-state index contributed by atoms with van der Waals surface area (Å²) in [6.07, 6.45) is 0. The van der Waals surface area contributed by atoms with Gasteiger partial charge in [0.15, 0.2) is 4.77 Å². The Balaban J connectivity index is 2.02. The van der Waals surface area contributed by atoms with Crippen molar-refractivity contribution in [3.05, 3.63) is 96.0 Å². The molecular weight excluding hydrogens is 619 g/mol. The van der Waals surface area contributed by atoms with E-state index in [0.717, 1.165) is 8.04 Å². The fourth-order valence-electron chi connectivity index (χ4n) is 3.14. The van der Waals surface area contributed by atoms with Gasteiger partial charge < -0.3 is 9.84 Å². The number of ether oxygens (including phenoxy) is 1. The molecule has 0 aliphatic heterocycles. The molecule has 33 heavy (non-hydrogen) atoms. The molecule has 0 bridgehead atoms. The third-order valence-corrected chi connectivity index (χ3v) is 6.33. The van der Waals surface area contributed by atoms with Crippen molar-refractivity contribution in [3.63, 3.8) is 0 Å². The van der Waals surface area contributed by atoms with Crippen LogP contribution in [0.15, 0.2) is 92.3 Å². The van der Waals surface area contributed by atoms with Gasteiger partial charge in [-0.05, 0) is 95.5 Å². The molecule has 0 saturated heterocycles. The molecule has 1 heterocycles. The highest BCUT2D eigenvalue weighted by Crippen LogP contribution is 2.32. The number of aromatic nitrogens is 2. The molecule has 0 fully saturated rings.